The number of hydrogen-bond acceptors (Lipinski definition) is 1. The van der Waals surface area contributed by atoms with Gasteiger partial charge in [-0.1, -0.05) is 50.2 Å². The molecule has 0 spiro atoms. The second kappa shape index (κ2) is 7.90. The van der Waals surface area contributed by atoms with Gasteiger partial charge in [0.25, 0.3) is 0 Å². The maximum atomic E-state index is 2.64. The van der Waals surface area contributed by atoms with E-state index in [9.17, 15) is 0 Å². The maximum Gasteiger partial charge on any atom is 0.0486 e. The van der Waals surface area contributed by atoms with Crippen LogP contribution in [0.1, 0.15) is 49.6 Å². The molecule has 2 aromatic carbocycles. The molecule has 142 valence electrons. The molecule has 1 aliphatic heterocycles. The minimum atomic E-state index is 0.630. The summed E-state index contributed by atoms with van der Waals surface area (Å²) in [7, 11) is 0. The summed E-state index contributed by atoms with van der Waals surface area (Å²) in [5.74, 6) is 0. The number of likely N-dealkylation sites (N-methyl/N-ethyl adjacent to an activating group) is 1. The lowest BCUT2D eigenvalue weighted by Gasteiger charge is -2.33. The molecular formula is C25H32N2. The van der Waals surface area contributed by atoms with E-state index in [1.807, 2.05) is 0 Å². The van der Waals surface area contributed by atoms with Gasteiger partial charge in [-0.3, -0.25) is 4.90 Å². The SMILES string of the molecule is CCc1ccc2c(c1)c1c(n2CCCc2ccccc2)CC(C)N(CC)C1. The zero-order valence-corrected chi connectivity index (χ0v) is 17.0. The fourth-order valence-electron chi connectivity index (χ4n) is 4.69. The lowest BCUT2D eigenvalue weighted by molar-refractivity contribution is 0.192. The largest absolute Gasteiger partial charge is 0.344 e. The van der Waals surface area contributed by atoms with E-state index in [4.69, 9.17) is 0 Å². The molecule has 1 unspecified atom stereocenters. The van der Waals surface area contributed by atoms with Crippen LogP contribution in [0.3, 0.4) is 0 Å². The van der Waals surface area contributed by atoms with Gasteiger partial charge in [0.1, 0.15) is 0 Å². The number of fused-ring (bicyclic) bond motifs is 3. The summed E-state index contributed by atoms with van der Waals surface area (Å²) >= 11 is 0. The van der Waals surface area contributed by atoms with Crippen LogP contribution in [0.2, 0.25) is 0 Å². The van der Waals surface area contributed by atoms with E-state index in [1.54, 1.807) is 11.3 Å². The molecule has 2 heterocycles. The average Bonchev–Trinajstić information content (AvgIpc) is 3.00. The van der Waals surface area contributed by atoms with E-state index < -0.39 is 0 Å². The molecule has 0 radical (unpaired) electrons. The molecule has 0 amide bonds. The number of rotatable bonds is 6. The Morgan fingerprint density at radius 2 is 1.81 bits per heavy atom. The van der Waals surface area contributed by atoms with Crippen LogP contribution in [0.5, 0.6) is 0 Å². The van der Waals surface area contributed by atoms with Crippen molar-refractivity contribution in [2.24, 2.45) is 0 Å². The fraction of sp³-hybridized carbons (Fsp3) is 0.440. The minimum absolute atomic E-state index is 0.630. The van der Waals surface area contributed by atoms with Crippen molar-refractivity contribution in [1.29, 1.82) is 0 Å². The van der Waals surface area contributed by atoms with Crippen molar-refractivity contribution >= 4 is 10.9 Å². The van der Waals surface area contributed by atoms with E-state index in [1.165, 1.54) is 34.9 Å². The van der Waals surface area contributed by atoms with Gasteiger partial charge in [-0.05, 0) is 61.6 Å². The molecule has 1 atom stereocenters. The monoisotopic (exact) mass is 360 g/mol. The fourth-order valence-corrected chi connectivity index (χ4v) is 4.69. The quantitative estimate of drug-likeness (QED) is 0.555. The Morgan fingerprint density at radius 1 is 1.00 bits per heavy atom. The van der Waals surface area contributed by atoms with Gasteiger partial charge in [0, 0.05) is 42.1 Å². The Morgan fingerprint density at radius 3 is 2.56 bits per heavy atom. The van der Waals surface area contributed by atoms with Gasteiger partial charge in [-0.15, -0.1) is 0 Å². The number of nitrogens with zero attached hydrogens (tertiary/aromatic N) is 2. The first-order valence-electron chi connectivity index (χ1n) is 10.6. The van der Waals surface area contributed by atoms with Crippen LogP contribution in [-0.2, 0) is 32.4 Å². The molecule has 4 rings (SSSR count). The molecule has 0 saturated carbocycles. The van der Waals surface area contributed by atoms with E-state index in [-0.39, 0.29) is 0 Å². The highest BCUT2D eigenvalue weighted by Crippen LogP contribution is 2.34. The predicted octanol–water partition coefficient (Wildman–Crippen LogP) is 5.60. The molecule has 0 fully saturated rings. The molecular weight excluding hydrogens is 328 g/mol. The Balaban J connectivity index is 1.68. The third-order valence-corrected chi connectivity index (χ3v) is 6.33. The van der Waals surface area contributed by atoms with Gasteiger partial charge in [-0.2, -0.15) is 0 Å². The first kappa shape index (κ1) is 18.3. The lowest BCUT2D eigenvalue weighted by atomic mass is 9.98. The number of hydrogen-bond donors (Lipinski definition) is 0. The van der Waals surface area contributed by atoms with Crippen molar-refractivity contribution in [2.75, 3.05) is 6.54 Å². The van der Waals surface area contributed by atoms with Crippen LogP contribution in [0.15, 0.2) is 48.5 Å². The summed E-state index contributed by atoms with van der Waals surface area (Å²) < 4.78 is 2.64. The summed E-state index contributed by atoms with van der Waals surface area (Å²) in [5.41, 5.74) is 7.51. The molecule has 2 heteroatoms. The number of aromatic nitrogens is 1. The molecule has 0 aliphatic carbocycles. The van der Waals surface area contributed by atoms with Crippen molar-refractivity contribution < 1.29 is 0 Å². The van der Waals surface area contributed by atoms with Gasteiger partial charge >= 0.3 is 0 Å². The van der Waals surface area contributed by atoms with Crippen LogP contribution < -0.4 is 0 Å². The number of benzene rings is 2. The lowest BCUT2D eigenvalue weighted by Crippen LogP contribution is -2.38. The highest BCUT2D eigenvalue weighted by Gasteiger charge is 2.27. The second-order valence-corrected chi connectivity index (χ2v) is 7.99. The Kier molecular flexibility index (Phi) is 5.36. The van der Waals surface area contributed by atoms with Crippen LogP contribution in [0, 0.1) is 0 Å². The summed E-state index contributed by atoms with van der Waals surface area (Å²) in [5, 5.41) is 1.49. The van der Waals surface area contributed by atoms with Crippen LogP contribution in [0.4, 0.5) is 0 Å². The van der Waals surface area contributed by atoms with E-state index in [2.05, 4.69) is 78.8 Å². The van der Waals surface area contributed by atoms with Crippen LogP contribution in [-0.4, -0.2) is 22.1 Å². The van der Waals surface area contributed by atoms with Crippen molar-refractivity contribution in [2.45, 2.75) is 65.6 Å². The average molecular weight is 361 g/mol. The van der Waals surface area contributed by atoms with E-state index in [0.717, 1.165) is 32.5 Å². The number of aryl methyl sites for hydroxylation is 3. The molecule has 27 heavy (non-hydrogen) atoms. The summed E-state index contributed by atoms with van der Waals surface area (Å²) in [6.45, 7) is 10.3. The van der Waals surface area contributed by atoms with Crippen molar-refractivity contribution in [3.63, 3.8) is 0 Å². The molecule has 0 bridgehead atoms. The summed E-state index contributed by atoms with van der Waals surface area (Å²) in [6, 6.07) is 18.7. The Bertz CT molecular complexity index is 907. The third kappa shape index (κ3) is 3.55. The van der Waals surface area contributed by atoms with Crippen LogP contribution >= 0.6 is 0 Å². The van der Waals surface area contributed by atoms with Crippen molar-refractivity contribution in [3.05, 3.63) is 70.9 Å². The molecule has 0 N–H and O–H groups in total. The first-order chi connectivity index (χ1) is 13.2. The molecule has 1 aliphatic rings. The summed E-state index contributed by atoms with van der Waals surface area (Å²) in [6.07, 6.45) is 4.63. The molecule has 3 aromatic rings. The van der Waals surface area contributed by atoms with E-state index >= 15 is 0 Å². The predicted molar refractivity (Wildman–Crippen MR) is 115 cm³/mol. The molecule has 0 saturated heterocycles. The van der Waals surface area contributed by atoms with Crippen LogP contribution in [0.25, 0.3) is 10.9 Å². The highest BCUT2D eigenvalue weighted by atomic mass is 15.2. The zero-order chi connectivity index (χ0) is 18.8. The second-order valence-electron chi connectivity index (χ2n) is 7.99. The maximum absolute atomic E-state index is 2.64. The molecule has 2 nitrogen and oxygen atoms in total. The Labute approximate surface area is 163 Å². The van der Waals surface area contributed by atoms with Gasteiger partial charge in [0.2, 0.25) is 0 Å². The van der Waals surface area contributed by atoms with E-state index in [0.29, 0.717) is 6.04 Å². The summed E-state index contributed by atoms with van der Waals surface area (Å²) in [4.78, 5) is 2.62. The van der Waals surface area contributed by atoms with Gasteiger partial charge < -0.3 is 4.57 Å². The first-order valence-corrected chi connectivity index (χ1v) is 10.6. The zero-order valence-electron chi connectivity index (χ0n) is 17.0. The van der Waals surface area contributed by atoms with Gasteiger partial charge in [0.15, 0.2) is 0 Å². The smallest absolute Gasteiger partial charge is 0.0486 e. The molecule has 1 aromatic heterocycles. The Hall–Kier alpha value is -2.06. The topological polar surface area (TPSA) is 8.17 Å². The minimum Gasteiger partial charge on any atom is -0.344 e. The van der Waals surface area contributed by atoms with Gasteiger partial charge in [0.05, 0.1) is 0 Å². The van der Waals surface area contributed by atoms with Crippen molar-refractivity contribution in [3.8, 4) is 0 Å². The highest BCUT2D eigenvalue weighted by molar-refractivity contribution is 5.86. The normalized spacial score (nSPS) is 17.4. The van der Waals surface area contributed by atoms with Crippen molar-refractivity contribution in [1.82, 2.24) is 9.47 Å². The third-order valence-electron chi connectivity index (χ3n) is 6.33. The standard InChI is InChI=1S/C25H32N2/c1-4-20-13-14-24-22(17-20)23-18-26(5-2)19(3)16-25(23)27(24)15-9-12-21-10-7-6-8-11-21/h6-8,10-11,13-14,17,19H,4-5,9,12,15-16,18H2,1-3H3. The van der Waals surface area contributed by atoms with Gasteiger partial charge in [-0.25, -0.2) is 0 Å².